The summed E-state index contributed by atoms with van der Waals surface area (Å²) in [7, 11) is 1.61. The van der Waals surface area contributed by atoms with Gasteiger partial charge in [0.05, 0.1) is 30.3 Å². The molecule has 168 valence electrons. The van der Waals surface area contributed by atoms with Crippen LogP contribution in [-0.4, -0.2) is 57.5 Å². The Balaban J connectivity index is 1.38. The van der Waals surface area contributed by atoms with Crippen LogP contribution in [0, 0.1) is 0 Å². The number of carbonyl (C=O) groups excluding carboxylic acids is 1. The minimum Gasteiger partial charge on any atom is -0.497 e. The number of amidine groups is 2. The van der Waals surface area contributed by atoms with Crippen molar-refractivity contribution in [3.05, 3.63) is 65.3 Å². The number of ether oxygens (including phenoxy) is 1. The number of hydrogen-bond donors (Lipinski definition) is 1. The molecule has 5 rings (SSSR count). The molecule has 0 saturated heterocycles. The summed E-state index contributed by atoms with van der Waals surface area (Å²) in [6.45, 7) is 1.55. The minimum atomic E-state index is -0.113. The monoisotopic (exact) mass is 480 g/mol. The molecule has 0 saturated carbocycles. The minimum absolute atomic E-state index is 0.113. The molecule has 0 atom stereocenters. The number of rotatable bonds is 5. The maximum atomic E-state index is 12.6. The van der Waals surface area contributed by atoms with E-state index in [1.165, 1.54) is 11.8 Å². The van der Waals surface area contributed by atoms with Gasteiger partial charge in [0.2, 0.25) is 5.91 Å². The molecule has 8 nitrogen and oxygen atoms in total. The summed E-state index contributed by atoms with van der Waals surface area (Å²) in [6.07, 6.45) is 2.72. The first-order chi connectivity index (χ1) is 16.1. The average Bonchev–Trinajstić information content (AvgIpc) is 3.27. The van der Waals surface area contributed by atoms with Gasteiger partial charge in [0.25, 0.3) is 0 Å². The Kier molecular flexibility index (Phi) is 6.06. The second-order valence-corrected chi connectivity index (χ2v) is 8.82. The molecule has 1 aromatic heterocycles. The van der Waals surface area contributed by atoms with Crippen LogP contribution in [-0.2, 0) is 4.79 Å². The standard InChI is InChI=1S/C23H21ClN6O2S/c1-32-18-8-6-16(7-9-18)27-20(31)14-33-23-28-22-19(21-25-10-3-11-29(21)23)13-26-30(22)17-5-2-4-15(24)12-17/h2,4-9,12-13H,3,10-11,14H2,1H3,(H,27,31). The van der Waals surface area contributed by atoms with E-state index in [0.29, 0.717) is 16.5 Å². The number of thioether (sulfide) groups is 1. The Bertz CT molecular complexity index is 1250. The Morgan fingerprint density at radius 1 is 1.24 bits per heavy atom. The van der Waals surface area contributed by atoms with E-state index in [-0.39, 0.29) is 11.7 Å². The summed E-state index contributed by atoms with van der Waals surface area (Å²) in [5.41, 5.74) is 2.41. The molecular weight excluding hydrogens is 460 g/mol. The number of methoxy groups -OCH3 is 1. The number of nitrogens with one attached hydrogen (secondary N) is 1. The molecule has 2 aliphatic heterocycles. The maximum absolute atomic E-state index is 12.6. The van der Waals surface area contributed by atoms with Crippen molar-refractivity contribution in [3.8, 4) is 11.4 Å². The Hall–Kier alpha value is -3.30. The van der Waals surface area contributed by atoms with Gasteiger partial charge in [-0.05, 0) is 48.9 Å². The van der Waals surface area contributed by atoms with E-state index in [0.717, 1.165) is 47.5 Å². The van der Waals surface area contributed by atoms with Gasteiger partial charge in [0, 0.05) is 23.8 Å². The molecule has 0 fully saturated rings. The molecule has 0 bridgehead atoms. The molecule has 0 unspecified atom stereocenters. The second kappa shape index (κ2) is 9.29. The molecule has 10 heteroatoms. The molecule has 0 aliphatic carbocycles. The molecule has 3 aromatic rings. The lowest BCUT2D eigenvalue weighted by molar-refractivity contribution is -0.113. The molecule has 2 aliphatic rings. The fourth-order valence-electron chi connectivity index (χ4n) is 3.69. The Morgan fingerprint density at radius 3 is 2.88 bits per heavy atom. The van der Waals surface area contributed by atoms with E-state index in [1.54, 1.807) is 18.0 Å². The van der Waals surface area contributed by atoms with Gasteiger partial charge in [-0.15, -0.1) is 0 Å². The molecular formula is C23H21ClN6O2S. The zero-order chi connectivity index (χ0) is 22.8. The van der Waals surface area contributed by atoms with Gasteiger partial charge in [-0.25, -0.2) is 9.67 Å². The predicted molar refractivity (Wildman–Crippen MR) is 132 cm³/mol. The van der Waals surface area contributed by atoms with Crippen LogP contribution in [0.25, 0.3) is 5.69 Å². The fraction of sp³-hybridized carbons (Fsp3) is 0.217. The van der Waals surface area contributed by atoms with Crippen molar-refractivity contribution >= 4 is 51.8 Å². The van der Waals surface area contributed by atoms with Crippen LogP contribution in [0.5, 0.6) is 5.75 Å². The quantitative estimate of drug-likeness (QED) is 0.586. The zero-order valence-corrected chi connectivity index (χ0v) is 19.4. The molecule has 33 heavy (non-hydrogen) atoms. The van der Waals surface area contributed by atoms with Gasteiger partial charge in [0.1, 0.15) is 11.6 Å². The summed E-state index contributed by atoms with van der Waals surface area (Å²) in [5, 5.41) is 8.81. The number of fused-ring (bicyclic) bond motifs is 3. The molecule has 1 amide bonds. The van der Waals surface area contributed by atoms with Crippen molar-refractivity contribution in [1.82, 2.24) is 14.7 Å². The van der Waals surface area contributed by atoms with Crippen molar-refractivity contribution in [1.29, 1.82) is 0 Å². The number of amides is 1. The SMILES string of the molecule is COc1ccc(NC(=O)CSC2=Nc3c(cnn3-c3cccc(Cl)c3)C3=NCCCN23)cc1. The highest BCUT2D eigenvalue weighted by atomic mass is 35.5. The topological polar surface area (TPSA) is 84.1 Å². The van der Waals surface area contributed by atoms with Gasteiger partial charge in [0.15, 0.2) is 11.0 Å². The van der Waals surface area contributed by atoms with Crippen LogP contribution in [0.15, 0.2) is 64.7 Å². The third-order valence-corrected chi connectivity index (χ3v) is 6.44. The lowest BCUT2D eigenvalue weighted by Crippen LogP contribution is -2.42. The largest absolute Gasteiger partial charge is 0.497 e. The van der Waals surface area contributed by atoms with E-state index >= 15 is 0 Å². The number of aromatic nitrogens is 2. The smallest absolute Gasteiger partial charge is 0.234 e. The summed E-state index contributed by atoms with van der Waals surface area (Å²) in [5.74, 6) is 2.38. The van der Waals surface area contributed by atoms with E-state index in [9.17, 15) is 4.79 Å². The normalized spacial score (nSPS) is 14.7. The Morgan fingerprint density at radius 2 is 2.09 bits per heavy atom. The molecule has 2 aromatic carbocycles. The average molecular weight is 481 g/mol. The fourth-order valence-corrected chi connectivity index (χ4v) is 4.69. The van der Waals surface area contributed by atoms with Crippen LogP contribution in [0.4, 0.5) is 11.5 Å². The van der Waals surface area contributed by atoms with Gasteiger partial charge < -0.3 is 15.0 Å². The number of anilines is 1. The summed E-state index contributed by atoms with van der Waals surface area (Å²) in [6, 6.07) is 14.7. The van der Waals surface area contributed by atoms with Crippen molar-refractivity contribution in [2.45, 2.75) is 6.42 Å². The molecule has 0 spiro atoms. The van der Waals surface area contributed by atoms with Gasteiger partial charge in [-0.1, -0.05) is 29.4 Å². The van der Waals surface area contributed by atoms with Crippen LogP contribution in [0.1, 0.15) is 12.0 Å². The van der Waals surface area contributed by atoms with E-state index < -0.39 is 0 Å². The maximum Gasteiger partial charge on any atom is 0.234 e. The van der Waals surface area contributed by atoms with Crippen molar-refractivity contribution in [3.63, 3.8) is 0 Å². The van der Waals surface area contributed by atoms with Crippen molar-refractivity contribution in [2.75, 3.05) is 31.3 Å². The number of nitrogens with zero attached hydrogens (tertiary/aromatic N) is 5. The summed E-state index contributed by atoms with van der Waals surface area (Å²) in [4.78, 5) is 24.3. The lowest BCUT2D eigenvalue weighted by Gasteiger charge is -2.32. The molecule has 3 heterocycles. The molecule has 0 radical (unpaired) electrons. The van der Waals surface area contributed by atoms with E-state index in [4.69, 9.17) is 26.3 Å². The van der Waals surface area contributed by atoms with Gasteiger partial charge in [-0.2, -0.15) is 5.10 Å². The van der Waals surface area contributed by atoms with Crippen LogP contribution in [0.3, 0.4) is 0 Å². The number of halogens is 1. The van der Waals surface area contributed by atoms with Crippen molar-refractivity contribution in [2.24, 2.45) is 9.98 Å². The number of aliphatic imine (C=N–C) groups is 2. The number of carbonyl (C=O) groups is 1. The highest BCUT2D eigenvalue weighted by Crippen LogP contribution is 2.33. The predicted octanol–water partition coefficient (Wildman–Crippen LogP) is 4.36. The first-order valence-electron chi connectivity index (χ1n) is 10.4. The highest BCUT2D eigenvalue weighted by molar-refractivity contribution is 8.14. The second-order valence-electron chi connectivity index (χ2n) is 7.44. The summed E-state index contributed by atoms with van der Waals surface area (Å²) < 4.78 is 6.92. The Labute approximate surface area is 200 Å². The third kappa shape index (κ3) is 4.46. The third-order valence-electron chi connectivity index (χ3n) is 5.23. The highest BCUT2D eigenvalue weighted by Gasteiger charge is 2.31. The van der Waals surface area contributed by atoms with Crippen LogP contribution in [0.2, 0.25) is 5.02 Å². The summed E-state index contributed by atoms with van der Waals surface area (Å²) >= 11 is 7.57. The zero-order valence-electron chi connectivity index (χ0n) is 17.9. The van der Waals surface area contributed by atoms with Crippen LogP contribution >= 0.6 is 23.4 Å². The lowest BCUT2D eigenvalue weighted by atomic mass is 10.2. The van der Waals surface area contributed by atoms with E-state index in [1.807, 2.05) is 48.5 Å². The number of hydrogen-bond acceptors (Lipinski definition) is 7. The van der Waals surface area contributed by atoms with Gasteiger partial charge >= 0.3 is 0 Å². The molecule has 1 N–H and O–H groups in total. The number of benzene rings is 2. The van der Waals surface area contributed by atoms with Crippen LogP contribution < -0.4 is 10.1 Å². The van der Waals surface area contributed by atoms with E-state index in [2.05, 4.69) is 15.3 Å². The van der Waals surface area contributed by atoms with Crippen molar-refractivity contribution < 1.29 is 9.53 Å². The first kappa shape index (κ1) is 21.5. The first-order valence-corrected chi connectivity index (χ1v) is 11.8. The van der Waals surface area contributed by atoms with Gasteiger partial charge in [-0.3, -0.25) is 9.79 Å².